The van der Waals surface area contributed by atoms with Gasteiger partial charge in [-0.1, -0.05) is 13.8 Å². The minimum absolute atomic E-state index is 0.0462. The highest BCUT2D eigenvalue weighted by atomic mass is 16.5. The number of ketones is 2. The smallest absolute Gasteiger partial charge is 0.316 e. The molecule has 0 aliphatic carbocycles. The van der Waals surface area contributed by atoms with Crippen LogP contribution in [0.4, 0.5) is 0 Å². The lowest BCUT2D eigenvalue weighted by molar-refractivity contribution is -0.154. The molecule has 0 aromatic carbocycles. The third-order valence-corrected chi connectivity index (χ3v) is 2.33. The average molecular weight is 214 g/mol. The standard InChI is InChI=1S/C11H18O4/c1-7(12)6-11(3,4)9(8(2)13)10(14)15-5/h9H,6H2,1-5H3. The fourth-order valence-corrected chi connectivity index (χ4v) is 1.90. The van der Waals surface area contributed by atoms with Crippen LogP contribution in [-0.4, -0.2) is 24.6 Å². The minimum atomic E-state index is -0.869. The van der Waals surface area contributed by atoms with Crippen molar-refractivity contribution in [2.24, 2.45) is 11.3 Å². The maximum atomic E-state index is 11.4. The molecule has 1 unspecified atom stereocenters. The van der Waals surface area contributed by atoms with Crippen LogP contribution in [0.2, 0.25) is 0 Å². The number of carbonyl (C=O) groups excluding carboxylic acids is 3. The SMILES string of the molecule is COC(=O)C(C(C)=O)C(C)(C)CC(C)=O. The summed E-state index contributed by atoms with van der Waals surface area (Å²) in [6.07, 6.45) is 0.187. The quantitative estimate of drug-likeness (QED) is 0.512. The molecule has 0 radical (unpaired) electrons. The summed E-state index contributed by atoms with van der Waals surface area (Å²) in [5, 5.41) is 0. The van der Waals surface area contributed by atoms with Crippen LogP contribution in [0.5, 0.6) is 0 Å². The topological polar surface area (TPSA) is 60.4 Å². The van der Waals surface area contributed by atoms with E-state index in [1.54, 1.807) is 13.8 Å². The predicted octanol–water partition coefficient (Wildman–Crippen LogP) is 1.37. The lowest BCUT2D eigenvalue weighted by Crippen LogP contribution is -2.38. The molecule has 0 bridgehead atoms. The van der Waals surface area contributed by atoms with Gasteiger partial charge in [-0.05, 0) is 19.3 Å². The van der Waals surface area contributed by atoms with E-state index in [4.69, 9.17) is 0 Å². The maximum Gasteiger partial charge on any atom is 0.316 e. The second-order valence-electron chi connectivity index (χ2n) is 4.43. The highest BCUT2D eigenvalue weighted by Crippen LogP contribution is 2.32. The van der Waals surface area contributed by atoms with E-state index in [1.165, 1.54) is 21.0 Å². The van der Waals surface area contributed by atoms with Crippen molar-refractivity contribution in [3.63, 3.8) is 0 Å². The van der Waals surface area contributed by atoms with Crippen molar-refractivity contribution in [1.29, 1.82) is 0 Å². The Morgan fingerprint density at radius 1 is 1.20 bits per heavy atom. The lowest BCUT2D eigenvalue weighted by Gasteiger charge is -2.29. The molecule has 4 nitrogen and oxygen atoms in total. The molecular formula is C11H18O4. The van der Waals surface area contributed by atoms with Crippen molar-refractivity contribution in [2.75, 3.05) is 7.11 Å². The molecule has 1 atom stereocenters. The third kappa shape index (κ3) is 3.81. The molecule has 15 heavy (non-hydrogen) atoms. The predicted molar refractivity (Wildman–Crippen MR) is 55.3 cm³/mol. The van der Waals surface area contributed by atoms with Crippen LogP contribution >= 0.6 is 0 Å². The summed E-state index contributed by atoms with van der Waals surface area (Å²) in [6.45, 7) is 6.22. The first-order valence-electron chi connectivity index (χ1n) is 4.80. The van der Waals surface area contributed by atoms with Crippen molar-refractivity contribution in [3.05, 3.63) is 0 Å². The van der Waals surface area contributed by atoms with E-state index in [1.807, 2.05) is 0 Å². The second-order valence-corrected chi connectivity index (χ2v) is 4.43. The van der Waals surface area contributed by atoms with E-state index in [0.717, 1.165) is 0 Å². The van der Waals surface area contributed by atoms with Crippen LogP contribution < -0.4 is 0 Å². The summed E-state index contributed by atoms with van der Waals surface area (Å²) in [6, 6.07) is 0. The van der Waals surface area contributed by atoms with Crippen LogP contribution in [0.25, 0.3) is 0 Å². The minimum Gasteiger partial charge on any atom is -0.468 e. The van der Waals surface area contributed by atoms with Crippen LogP contribution in [0.3, 0.4) is 0 Å². The van der Waals surface area contributed by atoms with Crippen LogP contribution in [0, 0.1) is 11.3 Å². The van der Waals surface area contributed by atoms with Gasteiger partial charge in [-0.3, -0.25) is 9.59 Å². The summed E-state index contributed by atoms with van der Waals surface area (Å²) in [7, 11) is 1.24. The van der Waals surface area contributed by atoms with Gasteiger partial charge in [-0.2, -0.15) is 0 Å². The van der Waals surface area contributed by atoms with E-state index in [0.29, 0.717) is 0 Å². The Hall–Kier alpha value is -1.19. The molecule has 0 aliphatic heterocycles. The number of Topliss-reactive ketones (excluding diaryl/α,β-unsaturated/α-hetero) is 2. The Kier molecular flexibility index (Phi) is 4.65. The molecule has 0 aliphatic rings. The van der Waals surface area contributed by atoms with E-state index in [2.05, 4.69) is 4.74 Å². The zero-order valence-corrected chi connectivity index (χ0v) is 9.92. The lowest BCUT2D eigenvalue weighted by atomic mass is 9.73. The third-order valence-electron chi connectivity index (χ3n) is 2.33. The number of esters is 1. The van der Waals surface area contributed by atoms with Crippen molar-refractivity contribution in [3.8, 4) is 0 Å². The molecule has 0 heterocycles. The number of hydrogen-bond donors (Lipinski definition) is 0. The summed E-state index contributed by atoms with van der Waals surface area (Å²) < 4.78 is 4.57. The monoisotopic (exact) mass is 214 g/mol. The Labute approximate surface area is 90.0 Å². The van der Waals surface area contributed by atoms with Gasteiger partial charge in [0.1, 0.15) is 17.5 Å². The fraction of sp³-hybridized carbons (Fsp3) is 0.727. The van der Waals surface area contributed by atoms with Crippen molar-refractivity contribution >= 4 is 17.5 Å². The van der Waals surface area contributed by atoms with Gasteiger partial charge in [0.05, 0.1) is 7.11 Å². The maximum absolute atomic E-state index is 11.4. The van der Waals surface area contributed by atoms with E-state index >= 15 is 0 Å². The van der Waals surface area contributed by atoms with Gasteiger partial charge in [-0.25, -0.2) is 0 Å². The van der Waals surface area contributed by atoms with Crippen LogP contribution in [0.1, 0.15) is 34.1 Å². The highest BCUT2D eigenvalue weighted by Gasteiger charge is 2.40. The van der Waals surface area contributed by atoms with E-state index in [-0.39, 0.29) is 18.0 Å². The number of methoxy groups -OCH3 is 1. The molecule has 0 amide bonds. The summed E-state index contributed by atoms with van der Waals surface area (Å²) in [5.74, 6) is -1.76. The van der Waals surface area contributed by atoms with Crippen LogP contribution in [-0.2, 0) is 19.1 Å². The molecule has 0 saturated heterocycles. The summed E-state index contributed by atoms with van der Waals surface area (Å²) >= 11 is 0. The molecule has 0 saturated carbocycles. The zero-order valence-electron chi connectivity index (χ0n) is 9.92. The highest BCUT2D eigenvalue weighted by molar-refractivity contribution is 5.99. The first-order valence-corrected chi connectivity index (χ1v) is 4.80. The zero-order chi connectivity index (χ0) is 12.2. The van der Waals surface area contributed by atoms with Crippen molar-refractivity contribution in [1.82, 2.24) is 0 Å². The van der Waals surface area contributed by atoms with E-state index < -0.39 is 17.3 Å². The number of carbonyl (C=O) groups is 3. The Balaban J connectivity index is 4.98. The largest absolute Gasteiger partial charge is 0.468 e. The molecule has 4 heteroatoms. The number of ether oxygens (including phenoxy) is 1. The van der Waals surface area contributed by atoms with Gasteiger partial charge < -0.3 is 9.53 Å². The first kappa shape index (κ1) is 13.8. The van der Waals surface area contributed by atoms with Gasteiger partial charge >= 0.3 is 5.97 Å². The Morgan fingerprint density at radius 2 is 1.67 bits per heavy atom. The molecule has 0 N–H and O–H groups in total. The molecular weight excluding hydrogens is 196 g/mol. The van der Waals surface area contributed by atoms with Crippen molar-refractivity contribution in [2.45, 2.75) is 34.1 Å². The van der Waals surface area contributed by atoms with Gasteiger partial charge in [0.2, 0.25) is 0 Å². The second kappa shape index (κ2) is 5.05. The van der Waals surface area contributed by atoms with Gasteiger partial charge in [-0.15, -0.1) is 0 Å². The van der Waals surface area contributed by atoms with Gasteiger partial charge in [0.25, 0.3) is 0 Å². The average Bonchev–Trinajstić information content (AvgIpc) is 1.99. The fourth-order valence-electron chi connectivity index (χ4n) is 1.90. The molecule has 0 aromatic heterocycles. The molecule has 0 spiro atoms. The summed E-state index contributed by atoms with van der Waals surface area (Å²) in [4.78, 5) is 33.8. The first-order chi connectivity index (χ1) is 6.72. The molecule has 86 valence electrons. The normalized spacial score (nSPS) is 13.1. The Morgan fingerprint density at radius 3 is 1.93 bits per heavy atom. The Bertz CT molecular complexity index is 278. The molecule has 0 rings (SSSR count). The van der Waals surface area contributed by atoms with Gasteiger partial charge in [0, 0.05) is 6.42 Å². The van der Waals surface area contributed by atoms with Crippen molar-refractivity contribution < 1.29 is 19.1 Å². The summed E-state index contributed by atoms with van der Waals surface area (Å²) in [5.41, 5.74) is -0.690. The molecule has 0 fully saturated rings. The van der Waals surface area contributed by atoms with Gasteiger partial charge in [0.15, 0.2) is 0 Å². The van der Waals surface area contributed by atoms with Crippen LogP contribution in [0.15, 0.2) is 0 Å². The number of rotatable bonds is 5. The van der Waals surface area contributed by atoms with E-state index in [9.17, 15) is 14.4 Å². The number of hydrogen-bond acceptors (Lipinski definition) is 4. The molecule has 0 aromatic rings.